The SMILES string of the molecule is O=C1C/C(Br)=C\c2ccccc2-c2ccccc21. The second kappa shape index (κ2) is 4.54. The quantitative estimate of drug-likeness (QED) is 0.690. The van der Waals surface area contributed by atoms with Crippen molar-refractivity contribution in [1.29, 1.82) is 0 Å². The van der Waals surface area contributed by atoms with Crippen molar-refractivity contribution in [3.05, 3.63) is 64.1 Å². The Balaban J connectivity index is 2.35. The van der Waals surface area contributed by atoms with Crippen LogP contribution in [0.15, 0.2) is 53.0 Å². The van der Waals surface area contributed by atoms with Crippen LogP contribution >= 0.6 is 15.9 Å². The van der Waals surface area contributed by atoms with Gasteiger partial charge in [0.1, 0.15) is 0 Å². The first-order chi connectivity index (χ1) is 8.75. The van der Waals surface area contributed by atoms with Gasteiger partial charge in [-0.05, 0) is 22.8 Å². The second-order valence-electron chi connectivity index (χ2n) is 4.32. The Morgan fingerprint density at radius 1 is 0.833 bits per heavy atom. The summed E-state index contributed by atoms with van der Waals surface area (Å²) in [4.78, 5) is 12.2. The normalized spacial score (nSPS) is 16.9. The summed E-state index contributed by atoms with van der Waals surface area (Å²) in [5.74, 6) is 0.156. The van der Waals surface area contributed by atoms with Crippen molar-refractivity contribution in [3.8, 4) is 11.1 Å². The van der Waals surface area contributed by atoms with Gasteiger partial charge in [0, 0.05) is 16.5 Å². The lowest BCUT2D eigenvalue weighted by atomic mass is 9.90. The Kier molecular flexibility index (Phi) is 2.88. The Bertz CT molecular complexity index is 656. The highest BCUT2D eigenvalue weighted by atomic mass is 79.9. The molecule has 1 aliphatic rings. The Hall–Kier alpha value is -1.67. The molecule has 0 unspecified atom stereocenters. The molecule has 0 saturated carbocycles. The molecule has 0 radical (unpaired) electrons. The molecule has 2 aromatic carbocycles. The fourth-order valence-corrected chi connectivity index (χ4v) is 2.80. The predicted octanol–water partition coefficient (Wildman–Crippen LogP) is 4.68. The van der Waals surface area contributed by atoms with Crippen LogP contribution in [0.5, 0.6) is 0 Å². The molecule has 0 saturated heterocycles. The molecule has 2 heteroatoms. The van der Waals surface area contributed by atoms with Gasteiger partial charge in [-0.25, -0.2) is 0 Å². The van der Waals surface area contributed by atoms with Crippen molar-refractivity contribution >= 4 is 27.8 Å². The number of fused-ring (bicyclic) bond motifs is 3. The number of Topliss-reactive ketones (excluding diaryl/α,β-unsaturated/α-hetero) is 1. The van der Waals surface area contributed by atoms with E-state index in [1.165, 1.54) is 0 Å². The fraction of sp³-hybridized carbons (Fsp3) is 0.0625. The molecule has 0 aromatic heterocycles. The maximum atomic E-state index is 12.2. The summed E-state index contributed by atoms with van der Waals surface area (Å²) < 4.78 is 0.925. The van der Waals surface area contributed by atoms with E-state index in [1.54, 1.807) is 0 Å². The first-order valence-electron chi connectivity index (χ1n) is 5.83. The molecule has 3 rings (SSSR count). The molecular weight excluding hydrogens is 288 g/mol. The molecule has 1 aliphatic carbocycles. The molecule has 0 N–H and O–H groups in total. The smallest absolute Gasteiger partial charge is 0.168 e. The lowest BCUT2D eigenvalue weighted by molar-refractivity contribution is 0.0996. The third-order valence-corrected chi connectivity index (χ3v) is 3.63. The number of hydrogen-bond donors (Lipinski definition) is 0. The zero-order chi connectivity index (χ0) is 12.5. The minimum atomic E-state index is 0.156. The van der Waals surface area contributed by atoms with Crippen LogP contribution in [0.25, 0.3) is 17.2 Å². The van der Waals surface area contributed by atoms with Gasteiger partial charge in [0.2, 0.25) is 0 Å². The first-order valence-corrected chi connectivity index (χ1v) is 6.63. The predicted molar refractivity (Wildman–Crippen MR) is 77.7 cm³/mol. The first kappa shape index (κ1) is 11.4. The van der Waals surface area contributed by atoms with E-state index in [2.05, 4.69) is 28.1 Å². The highest BCUT2D eigenvalue weighted by molar-refractivity contribution is 9.11. The largest absolute Gasteiger partial charge is 0.294 e. The van der Waals surface area contributed by atoms with Crippen LogP contribution in [-0.2, 0) is 0 Å². The minimum absolute atomic E-state index is 0.156. The summed E-state index contributed by atoms with van der Waals surface area (Å²) >= 11 is 3.48. The van der Waals surface area contributed by atoms with E-state index in [0.717, 1.165) is 26.7 Å². The van der Waals surface area contributed by atoms with Crippen molar-refractivity contribution in [3.63, 3.8) is 0 Å². The van der Waals surface area contributed by atoms with Gasteiger partial charge in [-0.3, -0.25) is 4.79 Å². The third kappa shape index (κ3) is 1.93. The van der Waals surface area contributed by atoms with Crippen LogP contribution in [0, 0.1) is 0 Å². The molecule has 2 aromatic rings. The highest BCUT2D eigenvalue weighted by Crippen LogP contribution is 2.33. The van der Waals surface area contributed by atoms with E-state index in [1.807, 2.05) is 42.5 Å². The van der Waals surface area contributed by atoms with Gasteiger partial charge in [-0.2, -0.15) is 0 Å². The maximum Gasteiger partial charge on any atom is 0.168 e. The number of carbonyl (C=O) groups is 1. The number of ketones is 1. The second-order valence-corrected chi connectivity index (χ2v) is 5.34. The number of rotatable bonds is 0. The van der Waals surface area contributed by atoms with E-state index in [0.29, 0.717) is 6.42 Å². The molecule has 0 aliphatic heterocycles. The highest BCUT2D eigenvalue weighted by Gasteiger charge is 2.17. The molecule has 0 bridgehead atoms. The van der Waals surface area contributed by atoms with Crippen molar-refractivity contribution in [2.24, 2.45) is 0 Å². The van der Waals surface area contributed by atoms with Crippen LogP contribution < -0.4 is 0 Å². The number of benzene rings is 2. The standard InChI is InChI=1S/C16H11BrO/c17-12-9-11-5-1-2-6-13(11)14-7-3-4-8-15(14)16(18)10-12/h1-9H,10H2/b12-9+. The molecule has 0 heterocycles. The van der Waals surface area contributed by atoms with E-state index in [-0.39, 0.29) is 5.78 Å². The lowest BCUT2D eigenvalue weighted by Crippen LogP contribution is -2.04. The maximum absolute atomic E-state index is 12.2. The zero-order valence-corrected chi connectivity index (χ0v) is 11.3. The van der Waals surface area contributed by atoms with Crippen molar-refractivity contribution in [2.45, 2.75) is 6.42 Å². The lowest BCUT2D eigenvalue weighted by Gasteiger charge is -2.14. The Labute approximate surface area is 114 Å². The summed E-state index contributed by atoms with van der Waals surface area (Å²) in [5.41, 5.74) is 4.08. The number of halogens is 1. The average molecular weight is 299 g/mol. The van der Waals surface area contributed by atoms with E-state index < -0.39 is 0 Å². The summed E-state index contributed by atoms with van der Waals surface area (Å²) in [6, 6.07) is 16.0. The summed E-state index contributed by atoms with van der Waals surface area (Å²) in [5, 5.41) is 0. The fourth-order valence-electron chi connectivity index (χ4n) is 2.30. The molecule has 0 atom stereocenters. The van der Waals surface area contributed by atoms with Crippen molar-refractivity contribution in [2.75, 3.05) is 0 Å². The van der Waals surface area contributed by atoms with Crippen LogP contribution in [0.1, 0.15) is 22.3 Å². The van der Waals surface area contributed by atoms with Crippen LogP contribution in [0.4, 0.5) is 0 Å². The van der Waals surface area contributed by atoms with Crippen LogP contribution in [0.3, 0.4) is 0 Å². The topological polar surface area (TPSA) is 17.1 Å². The summed E-state index contributed by atoms with van der Waals surface area (Å²) in [6.07, 6.45) is 2.45. The summed E-state index contributed by atoms with van der Waals surface area (Å²) in [6.45, 7) is 0. The molecular formula is C16H11BrO. The minimum Gasteiger partial charge on any atom is -0.294 e. The van der Waals surface area contributed by atoms with Crippen molar-refractivity contribution in [1.82, 2.24) is 0 Å². The third-order valence-electron chi connectivity index (χ3n) is 3.12. The molecule has 1 nitrogen and oxygen atoms in total. The number of carbonyl (C=O) groups excluding carboxylic acids is 1. The molecule has 0 amide bonds. The van der Waals surface area contributed by atoms with E-state index in [4.69, 9.17) is 0 Å². The van der Waals surface area contributed by atoms with Gasteiger partial charge >= 0.3 is 0 Å². The monoisotopic (exact) mass is 298 g/mol. The van der Waals surface area contributed by atoms with Crippen LogP contribution in [-0.4, -0.2) is 5.78 Å². The Morgan fingerprint density at radius 2 is 1.44 bits per heavy atom. The zero-order valence-electron chi connectivity index (χ0n) is 9.69. The van der Waals surface area contributed by atoms with Gasteiger partial charge in [-0.1, -0.05) is 64.5 Å². The van der Waals surface area contributed by atoms with E-state index in [9.17, 15) is 4.79 Å². The van der Waals surface area contributed by atoms with E-state index >= 15 is 0 Å². The van der Waals surface area contributed by atoms with Gasteiger partial charge in [-0.15, -0.1) is 0 Å². The van der Waals surface area contributed by atoms with Crippen LogP contribution in [0.2, 0.25) is 0 Å². The number of hydrogen-bond acceptors (Lipinski definition) is 1. The van der Waals surface area contributed by atoms with Gasteiger partial charge in [0.15, 0.2) is 5.78 Å². The Morgan fingerprint density at radius 3 is 2.22 bits per heavy atom. The molecule has 88 valence electrons. The molecule has 0 fully saturated rings. The molecule has 18 heavy (non-hydrogen) atoms. The number of allylic oxidation sites excluding steroid dienone is 1. The summed E-state index contributed by atoms with van der Waals surface area (Å²) in [7, 11) is 0. The average Bonchev–Trinajstić information content (AvgIpc) is 2.38. The molecule has 0 spiro atoms. The van der Waals surface area contributed by atoms with Gasteiger partial charge in [0.05, 0.1) is 0 Å². The van der Waals surface area contributed by atoms with Gasteiger partial charge in [0.25, 0.3) is 0 Å². The van der Waals surface area contributed by atoms with Gasteiger partial charge < -0.3 is 0 Å². The van der Waals surface area contributed by atoms with Crippen molar-refractivity contribution < 1.29 is 4.79 Å².